The second kappa shape index (κ2) is 8.63. The summed E-state index contributed by atoms with van der Waals surface area (Å²) >= 11 is 0. The number of anilines is 1. The first-order valence-corrected chi connectivity index (χ1v) is 11.2. The smallest absolute Gasteiger partial charge is 0.267 e. The zero-order valence-corrected chi connectivity index (χ0v) is 17.7. The van der Waals surface area contributed by atoms with Gasteiger partial charge in [0.25, 0.3) is 11.1 Å². The number of fused-ring (bicyclic) bond motifs is 2. The molecule has 1 unspecified atom stereocenters. The molecule has 8 nitrogen and oxygen atoms in total. The minimum Gasteiger partial charge on any atom is -0.368 e. The molecule has 1 fully saturated rings. The van der Waals surface area contributed by atoms with Gasteiger partial charge in [-0.1, -0.05) is 12.5 Å². The van der Waals surface area contributed by atoms with Gasteiger partial charge >= 0.3 is 0 Å². The summed E-state index contributed by atoms with van der Waals surface area (Å²) in [5.41, 5.74) is 2.77. The van der Waals surface area contributed by atoms with Crippen LogP contribution in [-0.2, 0) is 19.4 Å². The predicted molar refractivity (Wildman–Crippen MR) is 120 cm³/mol. The monoisotopic (exact) mass is 420 g/mol. The van der Waals surface area contributed by atoms with Gasteiger partial charge in [0, 0.05) is 37.5 Å². The normalized spacial score (nSPS) is 18.9. The van der Waals surface area contributed by atoms with Crippen LogP contribution >= 0.6 is 0 Å². The second-order valence-electron chi connectivity index (χ2n) is 8.51. The van der Waals surface area contributed by atoms with Crippen molar-refractivity contribution in [3.8, 4) is 0 Å². The van der Waals surface area contributed by atoms with E-state index in [0.717, 1.165) is 56.6 Å². The Bertz CT molecular complexity index is 1200. The molecule has 3 aromatic rings. The number of aromatic nitrogens is 4. The molecule has 0 spiro atoms. The topological polar surface area (TPSA) is 84.5 Å². The molecule has 31 heavy (non-hydrogen) atoms. The van der Waals surface area contributed by atoms with Crippen LogP contribution in [0.5, 0.6) is 0 Å². The lowest BCUT2D eigenvalue weighted by Gasteiger charge is -2.35. The van der Waals surface area contributed by atoms with E-state index >= 15 is 0 Å². The summed E-state index contributed by atoms with van der Waals surface area (Å²) in [4.78, 5) is 31.7. The first kappa shape index (κ1) is 19.9. The fraction of sp³-hybridized carbons (Fsp3) is 0.478. The highest BCUT2D eigenvalue weighted by Gasteiger charge is 2.23. The maximum atomic E-state index is 12.4. The van der Waals surface area contributed by atoms with Crippen LogP contribution in [0.2, 0.25) is 0 Å². The number of pyridine rings is 1. The van der Waals surface area contributed by atoms with Crippen LogP contribution in [0.25, 0.3) is 5.65 Å². The zero-order valence-electron chi connectivity index (χ0n) is 17.7. The van der Waals surface area contributed by atoms with Crippen LogP contribution in [0.3, 0.4) is 0 Å². The summed E-state index contributed by atoms with van der Waals surface area (Å²) in [5, 5.41) is 7.98. The van der Waals surface area contributed by atoms with Crippen molar-refractivity contribution in [2.45, 2.75) is 51.1 Å². The number of rotatable bonds is 6. The molecule has 1 saturated heterocycles. The van der Waals surface area contributed by atoms with Crippen molar-refractivity contribution < 1.29 is 0 Å². The number of hydrogen-bond acceptors (Lipinski definition) is 6. The van der Waals surface area contributed by atoms with Crippen LogP contribution in [-0.4, -0.2) is 49.7 Å². The molecular formula is C23H28N6O2. The number of nitrogens with zero attached hydrogens (tertiary/aromatic N) is 5. The molecule has 0 saturated carbocycles. The average molecular weight is 421 g/mol. The Morgan fingerprint density at radius 3 is 2.90 bits per heavy atom. The van der Waals surface area contributed by atoms with E-state index in [1.165, 1.54) is 12.8 Å². The zero-order chi connectivity index (χ0) is 21.2. The van der Waals surface area contributed by atoms with E-state index in [-0.39, 0.29) is 11.1 Å². The van der Waals surface area contributed by atoms with Crippen molar-refractivity contribution in [2.24, 2.45) is 0 Å². The molecule has 4 heterocycles. The summed E-state index contributed by atoms with van der Waals surface area (Å²) in [6.07, 6.45) is 8.22. The number of hydrogen-bond donors (Lipinski definition) is 1. The van der Waals surface area contributed by atoms with Crippen molar-refractivity contribution >= 4 is 11.5 Å². The standard InChI is InChI=1S/C23H28N6O2/c30-22-15-20(25-21-9-2-4-11-28(21)22)24-16-18-7-1-3-10-27(18)12-13-29-23(31)14-17-6-5-8-19(17)26-29/h2,4,9,11,14-15,18,24H,1,3,5-8,10,12-13,16H2. The third kappa shape index (κ3) is 4.25. The predicted octanol–water partition coefficient (Wildman–Crippen LogP) is 1.71. The SMILES string of the molecule is O=c1cc2c(nn1CCN1CCCCC1CNc1cc(=O)n3ccccc3n1)CCC2. The Morgan fingerprint density at radius 1 is 1.03 bits per heavy atom. The lowest BCUT2D eigenvalue weighted by Crippen LogP contribution is -2.45. The molecule has 0 amide bonds. The van der Waals surface area contributed by atoms with Gasteiger partial charge in [-0.3, -0.25) is 18.9 Å². The molecule has 1 N–H and O–H groups in total. The maximum Gasteiger partial charge on any atom is 0.267 e. The average Bonchev–Trinajstić information content (AvgIpc) is 3.24. The van der Waals surface area contributed by atoms with E-state index in [9.17, 15) is 9.59 Å². The van der Waals surface area contributed by atoms with Gasteiger partial charge in [0.15, 0.2) is 0 Å². The Balaban J connectivity index is 1.25. The van der Waals surface area contributed by atoms with Crippen molar-refractivity contribution in [1.82, 2.24) is 24.1 Å². The van der Waals surface area contributed by atoms with E-state index in [1.54, 1.807) is 27.4 Å². The van der Waals surface area contributed by atoms with Gasteiger partial charge in [0.2, 0.25) is 0 Å². The summed E-state index contributed by atoms with van der Waals surface area (Å²) in [6, 6.07) is 9.20. The molecule has 0 aromatic carbocycles. The van der Waals surface area contributed by atoms with Gasteiger partial charge in [-0.25, -0.2) is 9.67 Å². The largest absolute Gasteiger partial charge is 0.368 e. The Labute approximate surface area is 180 Å². The Kier molecular flexibility index (Phi) is 5.55. The van der Waals surface area contributed by atoms with Crippen LogP contribution in [0.4, 0.5) is 5.82 Å². The number of nitrogens with one attached hydrogen (secondary N) is 1. The van der Waals surface area contributed by atoms with E-state index < -0.39 is 0 Å². The summed E-state index contributed by atoms with van der Waals surface area (Å²) in [6.45, 7) is 3.14. The van der Waals surface area contributed by atoms with Gasteiger partial charge in [0.05, 0.1) is 12.2 Å². The lowest BCUT2D eigenvalue weighted by molar-refractivity contribution is 0.148. The minimum atomic E-state index is -0.0874. The number of likely N-dealkylation sites (tertiary alicyclic amines) is 1. The highest BCUT2D eigenvalue weighted by Crippen LogP contribution is 2.19. The minimum absolute atomic E-state index is 0.00757. The van der Waals surface area contributed by atoms with Gasteiger partial charge in [-0.05, 0) is 56.3 Å². The first-order valence-electron chi connectivity index (χ1n) is 11.2. The van der Waals surface area contributed by atoms with Crippen molar-refractivity contribution in [3.05, 3.63) is 68.5 Å². The third-order valence-electron chi connectivity index (χ3n) is 6.46. The molecule has 3 aromatic heterocycles. The molecule has 0 bridgehead atoms. The third-order valence-corrected chi connectivity index (χ3v) is 6.46. The number of aryl methyl sites for hydroxylation is 2. The molecule has 8 heteroatoms. The Hall–Kier alpha value is -3.00. The molecule has 1 aliphatic carbocycles. The van der Waals surface area contributed by atoms with Crippen molar-refractivity contribution in [3.63, 3.8) is 0 Å². The fourth-order valence-electron chi connectivity index (χ4n) is 4.77. The van der Waals surface area contributed by atoms with Crippen LogP contribution in [0.15, 0.2) is 46.1 Å². The van der Waals surface area contributed by atoms with Crippen LogP contribution in [0, 0.1) is 0 Å². The van der Waals surface area contributed by atoms with Crippen LogP contribution in [0.1, 0.15) is 36.9 Å². The quantitative estimate of drug-likeness (QED) is 0.654. The highest BCUT2D eigenvalue weighted by molar-refractivity contribution is 5.46. The molecule has 1 aliphatic heterocycles. The molecule has 5 rings (SSSR count). The van der Waals surface area contributed by atoms with E-state index in [2.05, 4.69) is 20.3 Å². The van der Waals surface area contributed by atoms with E-state index in [4.69, 9.17) is 0 Å². The lowest BCUT2D eigenvalue weighted by atomic mass is 10.0. The van der Waals surface area contributed by atoms with Gasteiger partial charge in [-0.15, -0.1) is 0 Å². The maximum absolute atomic E-state index is 12.4. The molecule has 0 radical (unpaired) electrons. The highest BCUT2D eigenvalue weighted by atomic mass is 16.1. The van der Waals surface area contributed by atoms with Gasteiger partial charge in [0.1, 0.15) is 11.5 Å². The van der Waals surface area contributed by atoms with Crippen LogP contribution < -0.4 is 16.4 Å². The molecular weight excluding hydrogens is 392 g/mol. The fourth-order valence-corrected chi connectivity index (χ4v) is 4.77. The Morgan fingerprint density at radius 2 is 1.97 bits per heavy atom. The molecule has 2 aliphatic rings. The van der Waals surface area contributed by atoms with E-state index in [0.29, 0.717) is 24.1 Å². The van der Waals surface area contributed by atoms with E-state index in [1.807, 2.05) is 18.2 Å². The van der Waals surface area contributed by atoms with Gasteiger partial charge in [-0.2, -0.15) is 5.10 Å². The summed E-state index contributed by atoms with van der Waals surface area (Å²) in [5.74, 6) is 0.609. The van der Waals surface area contributed by atoms with Gasteiger partial charge < -0.3 is 5.32 Å². The number of piperidine rings is 1. The molecule has 1 atom stereocenters. The second-order valence-corrected chi connectivity index (χ2v) is 8.51. The summed E-state index contributed by atoms with van der Waals surface area (Å²) in [7, 11) is 0. The van der Waals surface area contributed by atoms with Crippen molar-refractivity contribution in [1.29, 1.82) is 0 Å². The van der Waals surface area contributed by atoms with Crippen molar-refractivity contribution in [2.75, 3.05) is 25.0 Å². The molecule has 162 valence electrons. The summed E-state index contributed by atoms with van der Waals surface area (Å²) < 4.78 is 3.18. The first-order chi connectivity index (χ1) is 15.2.